The van der Waals surface area contributed by atoms with Gasteiger partial charge in [0.25, 0.3) is 5.91 Å². The number of benzene rings is 1. The molecule has 0 radical (unpaired) electrons. The van der Waals surface area contributed by atoms with E-state index in [0.29, 0.717) is 6.61 Å². The van der Waals surface area contributed by atoms with E-state index in [1.54, 1.807) is 0 Å². The molecule has 0 saturated heterocycles. The number of amides is 1. The van der Waals surface area contributed by atoms with Crippen LogP contribution < -0.4 is 10.5 Å². The minimum atomic E-state index is -3.87. The van der Waals surface area contributed by atoms with Crippen molar-refractivity contribution in [1.82, 2.24) is 5.32 Å². The van der Waals surface area contributed by atoms with Crippen LogP contribution in [-0.2, 0) is 14.8 Å². The van der Waals surface area contributed by atoms with Gasteiger partial charge in [0.1, 0.15) is 0 Å². The average Bonchev–Trinajstić information content (AvgIpc) is 2.35. The molecule has 2 rings (SSSR count). The average molecular weight is 333 g/mol. The first kappa shape index (κ1) is 16.2. The highest BCUT2D eigenvalue weighted by Gasteiger charge is 2.31. The minimum absolute atomic E-state index is 0.0169. The molecule has 0 heterocycles. The third kappa shape index (κ3) is 3.94. The summed E-state index contributed by atoms with van der Waals surface area (Å²) in [4.78, 5) is 12.0. The molecule has 6 nitrogen and oxygen atoms in total. The zero-order valence-electron chi connectivity index (χ0n) is 11.5. The Kier molecular flexibility index (Phi) is 4.88. The van der Waals surface area contributed by atoms with Crippen molar-refractivity contribution in [2.45, 2.75) is 36.8 Å². The molecule has 0 spiro atoms. The Bertz CT molecular complexity index is 642. The van der Waals surface area contributed by atoms with Crippen LogP contribution in [0.1, 0.15) is 30.1 Å². The first-order valence-corrected chi connectivity index (χ1v) is 8.48. The highest BCUT2D eigenvalue weighted by molar-refractivity contribution is 7.89. The molecular weight excluding hydrogens is 316 g/mol. The summed E-state index contributed by atoms with van der Waals surface area (Å²) in [5.41, 5.74) is 0.100. The summed E-state index contributed by atoms with van der Waals surface area (Å²) in [6.45, 7) is 2.57. The number of primary sulfonamides is 1. The largest absolute Gasteiger partial charge is 0.378 e. The van der Waals surface area contributed by atoms with Crippen LogP contribution in [-0.4, -0.2) is 33.1 Å². The lowest BCUT2D eigenvalue weighted by Gasteiger charge is -2.35. The smallest absolute Gasteiger partial charge is 0.253 e. The van der Waals surface area contributed by atoms with Crippen LogP contribution in [0.15, 0.2) is 23.1 Å². The Labute approximate surface area is 128 Å². The van der Waals surface area contributed by atoms with Gasteiger partial charge in [0.15, 0.2) is 0 Å². The normalized spacial score (nSPS) is 21.7. The quantitative estimate of drug-likeness (QED) is 0.848. The highest BCUT2D eigenvalue weighted by Crippen LogP contribution is 2.25. The number of nitrogens with one attached hydrogen (secondary N) is 1. The van der Waals surface area contributed by atoms with E-state index in [0.717, 1.165) is 12.8 Å². The van der Waals surface area contributed by atoms with E-state index in [1.807, 2.05) is 6.92 Å². The van der Waals surface area contributed by atoms with Crippen LogP contribution in [0.3, 0.4) is 0 Å². The number of carbonyl (C=O) groups excluding carboxylic acids is 1. The molecule has 1 aliphatic carbocycles. The molecule has 1 aromatic rings. The van der Waals surface area contributed by atoms with Gasteiger partial charge in [-0.05, 0) is 38.0 Å². The molecule has 116 valence electrons. The number of nitrogens with two attached hydrogens (primary N) is 1. The molecule has 0 aromatic heterocycles. The monoisotopic (exact) mass is 332 g/mol. The van der Waals surface area contributed by atoms with E-state index in [4.69, 9.17) is 21.5 Å². The molecule has 0 atom stereocenters. The number of sulfonamides is 1. The van der Waals surface area contributed by atoms with Crippen LogP contribution in [0.25, 0.3) is 0 Å². The molecule has 1 amide bonds. The topological polar surface area (TPSA) is 98.5 Å². The first-order valence-electron chi connectivity index (χ1n) is 6.56. The van der Waals surface area contributed by atoms with Gasteiger partial charge >= 0.3 is 0 Å². The molecule has 0 unspecified atom stereocenters. The van der Waals surface area contributed by atoms with Gasteiger partial charge in [-0.2, -0.15) is 0 Å². The minimum Gasteiger partial charge on any atom is -0.378 e. The number of carbonyl (C=O) groups is 1. The molecule has 1 aliphatic rings. The van der Waals surface area contributed by atoms with Crippen molar-refractivity contribution in [2.75, 3.05) is 6.61 Å². The number of halogens is 1. The Morgan fingerprint density at radius 2 is 2.14 bits per heavy atom. The van der Waals surface area contributed by atoms with Crippen molar-refractivity contribution in [2.24, 2.45) is 5.14 Å². The summed E-state index contributed by atoms with van der Waals surface area (Å²) in [7, 11) is -3.87. The van der Waals surface area contributed by atoms with Gasteiger partial charge in [-0.1, -0.05) is 11.6 Å². The SMILES string of the molecule is CCOC1CC(NC(=O)c2cc(S(N)(=O)=O)ccc2Cl)C1. The van der Waals surface area contributed by atoms with Gasteiger partial charge in [-0.15, -0.1) is 0 Å². The van der Waals surface area contributed by atoms with Crippen molar-refractivity contribution >= 4 is 27.5 Å². The van der Waals surface area contributed by atoms with Gasteiger partial charge in [0.2, 0.25) is 10.0 Å². The van der Waals surface area contributed by atoms with Crippen molar-refractivity contribution in [3.05, 3.63) is 28.8 Å². The fourth-order valence-corrected chi connectivity index (χ4v) is 2.92. The molecule has 1 saturated carbocycles. The number of rotatable bonds is 5. The lowest BCUT2D eigenvalue weighted by Crippen LogP contribution is -2.47. The Hall–Kier alpha value is -1.15. The van der Waals surface area contributed by atoms with E-state index in [9.17, 15) is 13.2 Å². The molecule has 8 heteroatoms. The number of hydrogen-bond donors (Lipinski definition) is 2. The van der Waals surface area contributed by atoms with Crippen molar-refractivity contribution in [1.29, 1.82) is 0 Å². The molecule has 0 bridgehead atoms. The van der Waals surface area contributed by atoms with Crippen LogP contribution in [0.5, 0.6) is 0 Å². The van der Waals surface area contributed by atoms with Gasteiger partial charge in [-0.25, -0.2) is 13.6 Å². The summed E-state index contributed by atoms with van der Waals surface area (Å²) >= 11 is 5.94. The van der Waals surface area contributed by atoms with Gasteiger partial charge in [0.05, 0.1) is 21.6 Å². The van der Waals surface area contributed by atoms with E-state index >= 15 is 0 Å². The zero-order valence-corrected chi connectivity index (χ0v) is 13.1. The van der Waals surface area contributed by atoms with Gasteiger partial charge in [-0.3, -0.25) is 4.79 Å². The lowest BCUT2D eigenvalue weighted by atomic mass is 9.89. The molecule has 1 aromatic carbocycles. The second-order valence-corrected chi connectivity index (χ2v) is 6.87. The van der Waals surface area contributed by atoms with Crippen LogP contribution in [0, 0.1) is 0 Å². The Morgan fingerprint density at radius 1 is 1.48 bits per heavy atom. The maximum atomic E-state index is 12.1. The van der Waals surface area contributed by atoms with E-state index in [2.05, 4.69) is 5.32 Å². The van der Waals surface area contributed by atoms with Gasteiger partial charge in [0, 0.05) is 12.6 Å². The van der Waals surface area contributed by atoms with E-state index in [1.165, 1.54) is 18.2 Å². The summed E-state index contributed by atoms with van der Waals surface area (Å²) in [5, 5.41) is 8.03. The lowest BCUT2D eigenvalue weighted by molar-refractivity contribution is -0.00862. The second kappa shape index (κ2) is 6.31. The fraction of sp³-hybridized carbons (Fsp3) is 0.462. The van der Waals surface area contributed by atoms with Crippen LogP contribution in [0.2, 0.25) is 5.02 Å². The van der Waals surface area contributed by atoms with Crippen molar-refractivity contribution in [3.8, 4) is 0 Å². The second-order valence-electron chi connectivity index (χ2n) is 4.91. The fourth-order valence-electron chi connectivity index (χ4n) is 2.17. The predicted molar refractivity (Wildman–Crippen MR) is 78.7 cm³/mol. The standard InChI is InChI=1S/C13H17ClN2O4S/c1-2-20-9-5-8(6-9)16-13(17)11-7-10(21(15,18)19)3-4-12(11)14/h3-4,7-9H,2,5-6H2,1H3,(H,16,17)(H2,15,18,19). The van der Waals surface area contributed by atoms with Crippen LogP contribution >= 0.6 is 11.6 Å². The van der Waals surface area contributed by atoms with E-state index < -0.39 is 15.9 Å². The maximum absolute atomic E-state index is 12.1. The Morgan fingerprint density at radius 3 is 2.71 bits per heavy atom. The molecule has 21 heavy (non-hydrogen) atoms. The summed E-state index contributed by atoms with van der Waals surface area (Å²) < 4.78 is 28.0. The third-order valence-corrected chi connectivity index (χ3v) is 4.58. The molecule has 0 aliphatic heterocycles. The summed E-state index contributed by atoms with van der Waals surface area (Å²) in [6.07, 6.45) is 1.66. The van der Waals surface area contributed by atoms with Crippen molar-refractivity contribution < 1.29 is 17.9 Å². The van der Waals surface area contributed by atoms with Crippen LogP contribution in [0.4, 0.5) is 0 Å². The maximum Gasteiger partial charge on any atom is 0.253 e. The Balaban J connectivity index is 2.06. The van der Waals surface area contributed by atoms with Crippen molar-refractivity contribution in [3.63, 3.8) is 0 Å². The predicted octanol–water partition coefficient (Wildman–Crippen LogP) is 1.28. The number of ether oxygens (including phenoxy) is 1. The molecule has 3 N–H and O–H groups in total. The summed E-state index contributed by atoms with van der Waals surface area (Å²) in [5.74, 6) is -0.412. The highest BCUT2D eigenvalue weighted by atomic mass is 35.5. The zero-order chi connectivity index (χ0) is 15.6. The number of hydrogen-bond acceptors (Lipinski definition) is 4. The summed E-state index contributed by atoms with van der Waals surface area (Å²) in [6, 6.07) is 3.82. The molecular formula is C13H17ClN2O4S. The first-order chi connectivity index (χ1) is 9.81. The third-order valence-electron chi connectivity index (χ3n) is 3.34. The van der Waals surface area contributed by atoms with E-state index in [-0.39, 0.29) is 27.6 Å². The van der Waals surface area contributed by atoms with Gasteiger partial charge < -0.3 is 10.1 Å². The molecule has 1 fully saturated rings.